The van der Waals surface area contributed by atoms with Crippen molar-refractivity contribution in [3.8, 4) is 5.75 Å². The van der Waals surface area contributed by atoms with Gasteiger partial charge < -0.3 is 9.57 Å². The van der Waals surface area contributed by atoms with E-state index in [1.165, 1.54) is 0 Å². The molecule has 3 heteroatoms. The standard InChI is InChI=1S/C16H17NO2/c1-13(14-8-4-3-5-9-14)17-19-12-15-10-6-7-11-16(15)18-2/h3-11H,12H2,1-2H3/b17-13+. The van der Waals surface area contributed by atoms with Crippen LogP contribution < -0.4 is 4.74 Å². The van der Waals surface area contributed by atoms with E-state index in [1.807, 2.05) is 61.5 Å². The zero-order valence-electron chi connectivity index (χ0n) is 11.2. The van der Waals surface area contributed by atoms with Crippen molar-refractivity contribution < 1.29 is 9.57 Å². The molecule has 0 saturated carbocycles. The number of benzene rings is 2. The Morgan fingerprint density at radius 3 is 2.42 bits per heavy atom. The molecule has 0 aliphatic heterocycles. The Kier molecular flexibility index (Phi) is 4.56. The van der Waals surface area contributed by atoms with Crippen LogP contribution in [-0.2, 0) is 11.4 Å². The summed E-state index contributed by atoms with van der Waals surface area (Å²) in [4.78, 5) is 5.39. The van der Waals surface area contributed by atoms with Crippen LogP contribution in [0.3, 0.4) is 0 Å². The lowest BCUT2D eigenvalue weighted by molar-refractivity contribution is 0.128. The van der Waals surface area contributed by atoms with Crippen LogP contribution in [0.25, 0.3) is 0 Å². The summed E-state index contributed by atoms with van der Waals surface area (Å²) in [5, 5.41) is 4.13. The molecule has 2 aromatic carbocycles. The number of para-hydroxylation sites is 1. The lowest BCUT2D eigenvalue weighted by atomic mass is 10.1. The van der Waals surface area contributed by atoms with Gasteiger partial charge in [-0.25, -0.2) is 0 Å². The number of hydrogen-bond donors (Lipinski definition) is 0. The van der Waals surface area contributed by atoms with Gasteiger partial charge in [0.1, 0.15) is 12.4 Å². The molecule has 98 valence electrons. The molecule has 0 fully saturated rings. The van der Waals surface area contributed by atoms with Gasteiger partial charge in [0.25, 0.3) is 0 Å². The van der Waals surface area contributed by atoms with Gasteiger partial charge in [-0.05, 0) is 18.6 Å². The summed E-state index contributed by atoms with van der Waals surface area (Å²) in [6.45, 7) is 2.33. The molecule has 0 bridgehead atoms. The summed E-state index contributed by atoms with van der Waals surface area (Å²) in [7, 11) is 1.65. The molecular formula is C16H17NO2. The van der Waals surface area contributed by atoms with Gasteiger partial charge in [0.05, 0.1) is 12.8 Å². The first-order valence-corrected chi connectivity index (χ1v) is 6.15. The predicted molar refractivity (Wildman–Crippen MR) is 76.4 cm³/mol. The Morgan fingerprint density at radius 1 is 1.00 bits per heavy atom. The Hall–Kier alpha value is -2.29. The third-order valence-electron chi connectivity index (χ3n) is 2.81. The van der Waals surface area contributed by atoms with Crippen molar-refractivity contribution in [1.82, 2.24) is 0 Å². The minimum atomic E-state index is 0.397. The second kappa shape index (κ2) is 6.59. The van der Waals surface area contributed by atoms with E-state index in [4.69, 9.17) is 9.57 Å². The van der Waals surface area contributed by atoms with Crippen molar-refractivity contribution in [2.75, 3.05) is 7.11 Å². The quantitative estimate of drug-likeness (QED) is 0.603. The zero-order valence-corrected chi connectivity index (χ0v) is 11.2. The summed E-state index contributed by atoms with van der Waals surface area (Å²) >= 11 is 0. The maximum Gasteiger partial charge on any atom is 0.145 e. The highest BCUT2D eigenvalue weighted by molar-refractivity contribution is 5.98. The summed E-state index contributed by atoms with van der Waals surface area (Å²) in [5.41, 5.74) is 2.90. The molecule has 0 amide bonds. The molecule has 0 heterocycles. The SMILES string of the molecule is COc1ccccc1CO/N=C(\C)c1ccccc1. The lowest BCUT2D eigenvalue weighted by Gasteiger charge is -2.07. The fourth-order valence-electron chi connectivity index (χ4n) is 1.75. The van der Waals surface area contributed by atoms with Crippen LogP contribution in [0.1, 0.15) is 18.1 Å². The first-order valence-electron chi connectivity index (χ1n) is 6.15. The smallest absolute Gasteiger partial charge is 0.145 e. The molecule has 19 heavy (non-hydrogen) atoms. The minimum Gasteiger partial charge on any atom is -0.496 e. The van der Waals surface area contributed by atoms with Crippen molar-refractivity contribution in [2.24, 2.45) is 5.16 Å². The molecule has 2 rings (SSSR count). The topological polar surface area (TPSA) is 30.8 Å². The second-order valence-corrected chi connectivity index (χ2v) is 4.13. The number of nitrogens with zero attached hydrogens (tertiary/aromatic N) is 1. The van der Waals surface area contributed by atoms with Crippen LogP contribution in [0, 0.1) is 0 Å². The molecule has 3 nitrogen and oxygen atoms in total. The van der Waals surface area contributed by atoms with Gasteiger partial charge in [-0.2, -0.15) is 0 Å². The predicted octanol–water partition coefficient (Wildman–Crippen LogP) is 3.64. The number of oxime groups is 1. The van der Waals surface area contributed by atoms with Crippen LogP contribution >= 0.6 is 0 Å². The molecule has 0 atom stereocenters. The van der Waals surface area contributed by atoms with Crippen LogP contribution in [0.2, 0.25) is 0 Å². The maximum absolute atomic E-state index is 5.39. The third-order valence-corrected chi connectivity index (χ3v) is 2.81. The molecule has 0 saturated heterocycles. The molecule has 0 aliphatic rings. The van der Waals surface area contributed by atoms with E-state index < -0.39 is 0 Å². The molecule has 0 spiro atoms. The second-order valence-electron chi connectivity index (χ2n) is 4.13. The van der Waals surface area contributed by atoms with Crippen LogP contribution in [-0.4, -0.2) is 12.8 Å². The zero-order chi connectivity index (χ0) is 13.5. The molecule has 0 unspecified atom stereocenters. The average molecular weight is 255 g/mol. The fraction of sp³-hybridized carbons (Fsp3) is 0.188. The maximum atomic E-state index is 5.39. The summed E-state index contributed by atoms with van der Waals surface area (Å²) < 4.78 is 5.26. The molecule has 0 aromatic heterocycles. The minimum absolute atomic E-state index is 0.397. The van der Waals surface area contributed by atoms with Crippen molar-refractivity contribution in [2.45, 2.75) is 13.5 Å². The van der Waals surface area contributed by atoms with E-state index >= 15 is 0 Å². The largest absolute Gasteiger partial charge is 0.496 e. The number of ether oxygens (including phenoxy) is 1. The van der Waals surface area contributed by atoms with E-state index in [0.29, 0.717) is 6.61 Å². The van der Waals surface area contributed by atoms with Crippen molar-refractivity contribution >= 4 is 5.71 Å². The van der Waals surface area contributed by atoms with E-state index in [-0.39, 0.29) is 0 Å². The van der Waals surface area contributed by atoms with Crippen LogP contribution in [0.4, 0.5) is 0 Å². The number of methoxy groups -OCH3 is 1. The number of rotatable bonds is 5. The summed E-state index contributed by atoms with van der Waals surface area (Å²) in [6.07, 6.45) is 0. The van der Waals surface area contributed by atoms with E-state index in [0.717, 1.165) is 22.6 Å². The van der Waals surface area contributed by atoms with Gasteiger partial charge in [-0.1, -0.05) is 53.7 Å². The summed E-state index contributed by atoms with van der Waals surface area (Å²) in [6, 6.07) is 17.7. The molecule has 0 radical (unpaired) electrons. The van der Waals surface area contributed by atoms with E-state index in [2.05, 4.69) is 5.16 Å². The summed E-state index contributed by atoms with van der Waals surface area (Å²) in [5.74, 6) is 0.815. The highest BCUT2D eigenvalue weighted by Gasteiger charge is 2.02. The highest BCUT2D eigenvalue weighted by atomic mass is 16.6. The van der Waals surface area contributed by atoms with Gasteiger partial charge in [-0.15, -0.1) is 0 Å². The lowest BCUT2D eigenvalue weighted by Crippen LogP contribution is -1.97. The average Bonchev–Trinajstić information content (AvgIpc) is 2.48. The van der Waals surface area contributed by atoms with Gasteiger partial charge in [0, 0.05) is 5.56 Å². The van der Waals surface area contributed by atoms with Crippen LogP contribution in [0.5, 0.6) is 5.75 Å². The van der Waals surface area contributed by atoms with Crippen molar-refractivity contribution in [3.05, 3.63) is 65.7 Å². The van der Waals surface area contributed by atoms with Crippen molar-refractivity contribution in [3.63, 3.8) is 0 Å². The first-order chi connectivity index (χ1) is 9.31. The Morgan fingerprint density at radius 2 is 1.68 bits per heavy atom. The van der Waals surface area contributed by atoms with Crippen LogP contribution in [0.15, 0.2) is 59.8 Å². The Labute approximate surface area is 113 Å². The fourth-order valence-corrected chi connectivity index (χ4v) is 1.75. The number of hydrogen-bond acceptors (Lipinski definition) is 3. The Balaban J connectivity index is 2.00. The Bertz CT molecular complexity index is 550. The van der Waals surface area contributed by atoms with Gasteiger partial charge in [-0.3, -0.25) is 0 Å². The van der Waals surface area contributed by atoms with Gasteiger partial charge >= 0.3 is 0 Å². The van der Waals surface area contributed by atoms with Gasteiger partial charge in [0.15, 0.2) is 0 Å². The van der Waals surface area contributed by atoms with Crippen molar-refractivity contribution in [1.29, 1.82) is 0 Å². The van der Waals surface area contributed by atoms with E-state index in [9.17, 15) is 0 Å². The molecule has 2 aromatic rings. The normalized spacial score (nSPS) is 11.2. The van der Waals surface area contributed by atoms with E-state index in [1.54, 1.807) is 7.11 Å². The molecule has 0 aliphatic carbocycles. The highest BCUT2D eigenvalue weighted by Crippen LogP contribution is 2.18. The first kappa shape index (κ1) is 13.1. The molecular weight excluding hydrogens is 238 g/mol. The third kappa shape index (κ3) is 3.58. The monoisotopic (exact) mass is 255 g/mol. The molecule has 0 N–H and O–H groups in total. The van der Waals surface area contributed by atoms with Gasteiger partial charge in [0.2, 0.25) is 0 Å².